The summed E-state index contributed by atoms with van der Waals surface area (Å²) in [6.45, 7) is 5.67. The zero-order valence-electron chi connectivity index (χ0n) is 13.4. The van der Waals surface area contributed by atoms with Gasteiger partial charge in [0.25, 0.3) is 0 Å². The van der Waals surface area contributed by atoms with Crippen molar-refractivity contribution in [2.45, 2.75) is 19.9 Å². The molecule has 0 radical (unpaired) electrons. The quantitative estimate of drug-likeness (QED) is 0.916. The van der Waals surface area contributed by atoms with Crippen LogP contribution >= 0.6 is 0 Å². The summed E-state index contributed by atoms with van der Waals surface area (Å²) in [6.07, 6.45) is 4.47. The lowest BCUT2D eigenvalue weighted by Crippen LogP contribution is -2.36. The average molecular weight is 314 g/mol. The van der Waals surface area contributed by atoms with Gasteiger partial charge in [-0.05, 0) is 30.7 Å². The van der Waals surface area contributed by atoms with Gasteiger partial charge in [-0.25, -0.2) is 4.98 Å². The van der Waals surface area contributed by atoms with Crippen LogP contribution in [-0.2, 0) is 22.5 Å². The minimum Gasteiger partial charge on any atom is -0.378 e. The number of aryl methyl sites for hydroxylation is 1. The molecule has 6 heteroatoms. The lowest BCUT2D eigenvalue weighted by molar-refractivity contribution is -0.116. The number of carbonyl (C=O) groups excluding carboxylic acids is 1. The molecule has 1 aromatic heterocycles. The number of nitrogens with zero attached hydrogens (tertiary/aromatic N) is 3. The van der Waals surface area contributed by atoms with Gasteiger partial charge in [0, 0.05) is 30.7 Å². The van der Waals surface area contributed by atoms with E-state index in [1.54, 1.807) is 10.9 Å². The minimum absolute atomic E-state index is 0.0517. The Morgan fingerprint density at radius 1 is 1.26 bits per heavy atom. The first-order valence-corrected chi connectivity index (χ1v) is 7.98. The standard InChI is InChI=1S/C17H22N4O2/c1-2-14-11-20(13-18-14)12-17(22)19-15-3-5-16(6-4-15)21-7-9-23-10-8-21/h3-6,11,13H,2,7-10,12H2,1H3,(H,19,22). The van der Waals surface area contributed by atoms with Crippen LogP contribution in [0, 0.1) is 0 Å². The Kier molecular flexibility index (Phi) is 4.92. The number of hydrogen-bond donors (Lipinski definition) is 1. The van der Waals surface area contributed by atoms with Gasteiger partial charge in [-0.2, -0.15) is 0 Å². The van der Waals surface area contributed by atoms with E-state index < -0.39 is 0 Å². The van der Waals surface area contributed by atoms with Crippen molar-refractivity contribution in [2.75, 3.05) is 36.5 Å². The van der Waals surface area contributed by atoms with Crippen LogP contribution in [0.5, 0.6) is 0 Å². The summed E-state index contributed by atoms with van der Waals surface area (Å²) >= 11 is 0. The first-order valence-electron chi connectivity index (χ1n) is 7.98. The molecule has 122 valence electrons. The molecule has 0 saturated carbocycles. The van der Waals surface area contributed by atoms with E-state index in [0.29, 0.717) is 0 Å². The van der Waals surface area contributed by atoms with Gasteiger partial charge in [0.2, 0.25) is 5.91 Å². The van der Waals surface area contributed by atoms with E-state index in [-0.39, 0.29) is 12.5 Å². The van der Waals surface area contributed by atoms with Crippen LogP contribution < -0.4 is 10.2 Å². The summed E-state index contributed by atoms with van der Waals surface area (Å²) in [6, 6.07) is 7.95. The molecule has 23 heavy (non-hydrogen) atoms. The third kappa shape index (κ3) is 4.10. The van der Waals surface area contributed by atoms with Crippen molar-refractivity contribution in [3.8, 4) is 0 Å². The number of hydrogen-bond acceptors (Lipinski definition) is 4. The maximum atomic E-state index is 12.1. The molecule has 2 aromatic rings. The second kappa shape index (κ2) is 7.28. The second-order valence-electron chi connectivity index (χ2n) is 5.59. The molecule has 0 atom stereocenters. The third-order valence-electron chi connectivity index (χ3n) is 3.90. The first kappa shape index (κ1) is 15.6. The largest absolute Gasteiger partial charge is 0.378 e. The summed E-state index contributed by atoms with van der Waals surface area (Å²) in [5.41, 5.74) is 2.96. The number of amides is 1. The fraction of sp³-hybridized carbons (Fsp3) is 0.412. The zero-order valence-corrected chi connectivity index (χ0v) is 13.4. The lowest BCUT2D eigenvalue weighted by Gasteiger charge is -2.28. The highest BCUT2D eigenvalue weighted by Crippen LogP contribution is 2.19. The highest BCUT2D eigenvalue weighted by molar-refractivity contribution is 5.90. The predicted molar refractivity (Wildman–Crippen MR) is 89.7 cm³/mol. The van der Waals surface area contributed by atoms with E-state index in [9.17, 15) is 4.79 Å². The van der Waals surface area contributed by atoms with Gasteiger partial charge in [-0.15, -0.1) is 0 Å². The molecule has 1 aromatic carbocycles. The van der Waals surface area contributed by atoms with E-state index in [4.69, 9.17) is 4.74 Å². The molecule has 0 spiro atoms. The van der Waals surface area contributed by atoms with E-state index in [2.05, 4.69) is 15.2 Å². The van der Waals surface area contributed by atoms with Gasteiger partial charge in [0.15, 0.2) is 0 Å². The molecule has 1 aliphatic heterocycles. The van der Waals surface area contributed by atoms with E-state index in [1.807, 2.05) is 37.4 Å². The van der Waals surface area contributed by atoms with Crippen molar-refractivity contribution < 1.29 is 9.53 Å². The Hall–Kier alpha value is -2.34. The Balaban J connectivity index is 1.55. The molecular formula is C17H22N4O2. The average Bonchev–Trinajstić information content (AvgIpc) is 3.04. The van der Waals surface area contributed by atoms with E-state index in [1.165, 1.54) is 0 Å². The normalized spacial score (nSPS) is 14.7. The number of morpholine rings is 1. The topological polar surface area (TPSA) is 59.4 Å². The maximum Gasteiger partial charge on any atom is 0.244 e. The molecule has 1 aliphatic rings. The summed E-state index contributed by atoms with van der Waals surface area (Å²) in [7, 11) is 0. The fourth-order valence-electron chi connectivity index (χ4n) is 2.62. The Morgan fingerprint density at radius 3 is 2.65 bits per heavy atom. The van der Waals surface area contributed by atoms with Crippen LogP contribution in [0.3, 0.4) is 0 Å². The molecular weight excluding hydrogens is 292 g/mol. The van der Waals surface area contributed by atoms with Gasteiger partial charge >= 0.3 is 0 Å². The van der Waals surface area contributed by atoms with Crippen LogP contribution in [0.25, 0.3) is 0 Å². The molecule has 0 bridgehead atoms. The van der Waals surface area contributed by atoms with Crippen molar-refractivity contribution in [1.82, 2.24) is 9.55 Å². The number of ether oxygens (including phenoxy) is 1. The third-order valence-corrected chi connectivity index (χ3v) is 3.90. The Bertz CT molecular complexity index is 645. The molecule has 1 fully saturated rings. The summed E-state index contributed by atoms with van der Waals surface area (Å²) in [5, 5.41) is 2.92. The van der Waals surface area contributed by atoms with Crippen molar-refractivity contribution in [3.63, 3.8) is 0 Å². The number of imidazole rings is 1. The van der Waals surface area contributed by atoms with Gasteiger partial charge in [-0.3, -0.25) is 4.79 Å². The molecule has 0 unspecified atom stereocenters. The number of anilines is 2. The minimum atomic E-state index is -0.0517. The highest BCUT2D eigenvalue weighted by atomic mass is 16.5. The molecule has 3 rings (SSSR count). The van der Waals surface area contributed by atoms with Crippen LogP contribution in [-0.4, -0.2) is 41.8 Å². The van der Waals surface area contributed by atoms with Crippen LogP contribution in [0.15, 0.2) is 36.8 Å². The highest BCUT2D eigenvalue weighted by Gasteiger charge is 2.11. The van der Waals surface area contributed by atoms with Crippen LogP contribution in [0.1, 0.15) is 12.6 Å². The van der Waals surface area contributed by atoms with Gasteiger partial charge in [0.05, 0.1) is 25.2 Å². The number of carbonyl (C=O) groups is 1. The smallest absolute Gasteiger partial charge is 0.244 e. The molecule has 0 aliphatic carbocycles. The number of nitrogens with one attached hydrogen (secondary N) is 1. The van der Waals surface area contributed by atoms with Crippen molar-refractivity contribution >= 4 is 17.3 Å². The summed E-state index contributed by atoms with van der Waals surface area (Å²) < 4.78 is 7.16. The predicted octanol–water partition coefficient (Wildman–Crippen LogP) is 1.92. The number of aromatic nitrogens is 2. The summed E-state index contributed by atoms with van der Waals surface area (Å²) in [4.78, 5) is 18.6. The molecule has 1 N–H and O–H groups in total. The Morgan fingerprint density at radius 2 is 2.00 bits per heavy atom. The first-order chi connectivity index (χ1) is 11.2. The molecule has 1 amide bonds. The van der Waals surface area contributed by atoms with Gasteiger partial charge in [0.1, 0.15) is 6.54 Å². The van der Waals surface area contributed by atoms with Crippen molar-refractivity contribution in [1.29, 1.82) is 0 Å². The molecule has 6 nitrogen and oxygen atoms in total. The van der Waals surface area contributed by atoms with Crippen molar-refractivity contribution in [3.05, 3.63) is 42.5 Å². The van der Waals surface area contributed by atoms with Gasteiger partial charge < -0.3 is 19.5 Å². The second-order valence-corrected chi connectivity index (χ2v) is 5.59. The lowest BCUT2D eigenvalue weighted by atomic mass is 10.2. The number of rotatable bonds is 5. The van der Waals surface area contributed by atoms with Gasteiger partial charge in [-0.1, -0.05) is 6.92 Å². The molecule has 2 heterocycles. The molecule has 1 saturated heterocycles. The Labute approximate surface area is 136 Å². The zero-order chi connectivity index (χ0) is 16.1. The van der Waals surface area contributed by atoms with Crippen molar-refractivity contribution in [2.24, 2.45) is 0 Å². The fourth-order valence-corrected chi connectivity index (χ4v) is 2.62. The monoisotopic (exact) mass is 314 g/mol. The SMILES string of the molecule is CCc1cn(CC(=O)Nc2ccc(N3CCOCC3)cc2)cn1. The van der Waals surface area contributed by atoms with Crippen LogP contribution in [0.4, 0.5) is 11.4 Å². The van der Waals surface area contributed by atoms with Crippen LogP contribution in [0.2, 0.25) is 0 Å². The van der Waals surface area contributed by atoms with E-state index >= 15 is 0 Å². The van der Waals surface area contributed by atoms with E-state index in [0.717, 1.165) is 49.8 Å². The number of benzene rings is 1. The summed E-state index contributed by atoms with van der Waals surface area (Å²) in [5.74, 6) is -0.0517. The maximum absolute atomic E-state index is 12.1.